The van der Waals surface area contributed by atoms with Crippen molar-refractivity contribution < 1.29 is 28.5 Å². The van der Waals surface area contributed by atoms with Gasteiger partial charge in [-0.05, 0) is 18.6 Å². The second-order valence-corrected chi connectivity index (χ2v) is 9.66. The summed E-state index contributed by atoms with van der Waals surface area (Å²) in [6.07, 6.45) is 19.2. The summed E-state index contributed by atoms with van der Waals surface area (Å²) < 4.78 is 20.4. The van der Waals surface area contributed by atoms with Gasteiger partial charge in [0.1, 0.15) is 25.1 Å². The average Bonchev–Trinajstić information content (AvgIpc) is 2.91. The molecule has 0 saturated carbocycles. The Labute approximate surface area is 225 Å². The summed E-state index contributed by atoms with van der Waals surface area (Å²) in [5, 5.41) is 2.76. The van der Waals surface area contributed by atoms with Gasteiger partial charge in [0, 0.05) is 13.7 Å². The summed E-state index contributed by atoms with van der Waals surface area (Å²) in [5.41, 5.74) is 0. The van der Waals surface area contributed by atoms with Gasteiger partial charge in [-0.3, -0.25) is 0 Å². The molecule has 0 aliphatic rings. The lowest BCUT2D eigenvalue weighted by Crippen LogP contribution is -2.32. The van der Waals surface area contributed by atoms with Crippen molar-refractivity contribution in [1.82, 2.24) is 5.32 Å². The summed E-state index contributed by atoms with van der Waals surface area (Å²) in [6.45, 7) is 2.77. The zero-order chi connectivity index (χ0) is 26.8. The fourth-order valence-electron chi connectivity index (χ4n) is 4.04. The minimum absolute atomic E-state index is 0.0140. The summed E-state index contributed by atoms with van der Waals surface area (Å²) in [7, 11) is 1.47. The van der Waals surface area contributed by atoms with Gasteiger partial charge in [-0.25, -0.2) is 9.59 Å². The molecule has 0 saturated heterocycles. The quantitative estimate of drug-likeness (QED) is 0.0887. The third-order valence-electron chi connectivity index (χ3n) is 6.36. The van der Waals surface area contributed by atoms with Gasteiger partial charge >= 0.3 is 12.2 Å². The molecule has 212 valence electrons. The number of para-hydroxylation sites is 1. The Bertz CT molecular complexity index is 669. The van der Waals surface area contributed by atoms with Crippen molar-refractivity contribution in [2.45, 2.75) is 116 Å². The highest BCUT2D eigenvalue weighted by molar-refractivity contribution is 5.67. The summed E-state index contributed by atoms with van der Waals surface area (Å²) in [5.74, 6) is 0.395. The molecule has 1 unspecified atom stereocenters. The fourth-order valence-corrected chi connectivity index (χ4v) is 4.04. The third-order valence-corrected chi connectivity index (χ3v) is 6.36. The summed E-state index contributed by atoms with van der Waals surface area (Å²) in [6, 6.07) is 8.64. The minimum Gasteiger partial charge on any atom is -0.447 e. The van der Waals surface area contributed by atoms with E-state index < -0.39 is 18.4 Å². The lowest BCUT2D eigenvalue weighted by molar-refractivity contribution is -0.0128. The third kappa shape index (κ3) is 20.5. The van der Waals surface area contributed by atoms with E-state index in [9.17, 15) is 9.59 Å². The Morgan fingerprint density at radius 1 is 0.703 bits per heavy atom. The predicted octanol–water partition coefficient (Wildman–Crippen LogP) is 8.20. The smallest absolute Gasteiger partial charge is 0.447 e. The van der Waals surface area contributed by atoms with Crippen LogP contribution in [0.4, 0.5) is 9.59 Å². The number of nitrogens with one attached hydrogen (secondary N) is 1. The van der Waals surface area contributed by atoms with E-state index in [2.05, 4.69) is 12.2 Å². The number of carbonyl (C=O) groups is 2. The maximum atomic E-state index is 11.9. The molecular weight excluding hydrogens is 470 g/mol. The van der Waals surface area contributed by atoms with E-state index >= 15 is 0 Å². The number of benzene rings is 1. The van der Waals surface area contributed by atoms with Crippen LogP contribution >= 0.6 is 0 Å². The number of unbranched alkanes of at least 4 members (excludes halogenated alkanes) is 15. The first-order valence-corrected chi connectivity index (χ1v) is 14.5. The van der Waals surface area contributed by atoms with Crippen LogP contribution in [0.3, 0.4) is 0 Å². The molecule has 0 aromatic heterocycles. The van der Waals surface area contributed by atoms with E-state index in [0.29, 0.717) is 12.3 Å². The first kappa shape index (κ1) is 32.7. The Balaban J connectivity index is 1.88. The number of methoxy groups -OCH3 is 1. The molecule has 7 nitrogen and oxygen atoms in total. The Kier molecular flexibility index (Phi) is 21.3. The van der Waals surface area contributed by atoms with Crippen molar-refractivity contribution in [3.8, 4) is 5.75 Å². The lowest BCUT2D eigenvalue weighted by atomic mass is 10.0. The van der Waals surface area contributed by atoms with Crippen LogP contribution < -0.4 is 10.1 Å². The molecule has 0 radical (unpaired) electrons. The number of hydrogen-bond donors (Lipinski definition) is 1. The van der Waals surface area contributed by atoms with E-state index in [1.165, 1.54) is 97.0 Å². The standard InChI is InChI=1S/C30H51NO6/c1-3-4-5-6-7-8-9-10-11-12-13-14-15-16-17-21-24-31-29(32)35-25-28(34-2)26-36-30(33)37-27-22-19-18-20-23-27/h18-20,22-23,28H,3-17,21,24-26H2,1-2H3,(H,31,32). The monoisotopic (exact) mass is 521 g/mol. The number of ether oxygens (including phenoxy) is 4. The first-order chi connectivity index (χ1) is 18.2. The van der Waals surface area contributed by atoms with Crippen LogP contribution in [0.1, 0.15) is 110 Å². The molecule has 0 spiro atoms. The van der Waals surface area contributed by atoms with Crippen LogP contribution in [0.5, 0.6) is 5.75 Å². The van der Waals surface area contributed by atoms with Crippen molar-refractivity contribution in [2.75, 3.05) is 26.9 Å². The van der Waals surface area contributed by atoms with Gasteiger partial charge in [0.15, 0.2) is 0 Å². The second kappa shape index (κ2) is 24.1. The van der Waals surface area contributed by atoms with E-state index in [4.69, 9.17) is 18.9 Å². The van der Waals surface area contributed by atoms with Crippen LogP contribution in [0.2, 0.25) is 0 Å². The first-order valence-electron chi connectivity index (χ1n) is 14.5. The van der Waals surface area contributed by atoms with Gasteiger partial charge < -0.3 is 24.3 Å². The van der Waals surface area contributed by atoms with Crippen LogP contribution in [-0.2, 0) is 14.2 Å². The molecule has 1 aromatic carbocycles. The maximum absolute atomic E-state index is 11.9. The van der Waals surface area contributed by atoms with E-state index in [-0.39, 0.29) is 13.2 Å². The zero-order valence-corrected chi connectivity index (χ0v) is 23.3. The molecular formula is C30H51NO6. The highest BCUT2D eigenvalue weighted by Gasteiger charge is 2.15. The topological polar surface area (TPSA) is 83.1 Å². The molecule has 1 rings (SSSR count). The summed E-state index contributed by atoms with van der Waals surface area (Å²) in [4.78, 5) is 23.6. The fraction of sp³-hybridized carbons (Fsp3) is 0.733. The molecule has 7 heteroatoms. The number of alkyl carbamates (subject to hydrolysis) is 1. The van der Waals surface area contributed by atoms with Crippen LogP contribution in [0, 0.1) is 0 Å². The van der Waals surface area contributed by atoms with Gasteiger partial charge in [-0.1, -0.05) is 121 Å². The molecule has 0 aliphatic carbocycles. The van der Waals surface area contributed by atoms with Crippen molar-refractivity contribution in [3.63, 3.8) is 0 Å². The molecule has 0 bridgehead atoms. The molecule has 1 atom stereocenters. The second-order valence-electron chi connectivity index (χ2n) is 9.66. The Morgan fingerprint density at radius 3 is 1.70 bits per heavy atom. The van der Waals surface area contributed by atoms with Crippen molar-refractivity contribution in [1.29, 1.82) is 0 Å². The molecule has 0 fully saturated rings. The highest BCUT2D eigenvalue weighted by atomic mass is 16.7. The molecule has 1 amide bonds. The van der Waals surface area contributed by atoms with Crippen LogP contribution in [0.25, 0.3) is 0 Å². The van der Waals surface area contributed by atoms with Gasteiger partial charge in [-0.15, -0.1) is 0 Å². The number of amides is 1. The molecule has 1 N–H and O–H groups in total. The SMILES string of the molecule is CCCCCCCCCCCCCCCCCCNC(=O)OCC(COC(=O)Oc1ccccc1)OC. The van der Waals surface area contributed by atoms with Gasteiger partial charge in [-0.2, -0.15) is 0 Å². The van der Waals surface area contributed by atoms with Crippen LogP contribution in [-0.4, -0.2) is 45.2 Å². The van der Waals surface area contributed by atoms with E-state index in [1.807, 2.05) is 6.07 Å². The normalized spacial score (nSPS) is 11.6. The predicted molar refractivity (Wildman–Crippen MR) is 148 cm³/mol. The Morgan fingerprint density at radius 2 is 1.19 bits per heavy atom. The van der Waals surface area contributed by atoms with E-state index in [0.717, 1.165) is 12.8 Å². The zero-order valence-electron chi connectivity index (χ0n) is 23.3. The molecule has 0 heterocycles. The molecule has 0 aliphatic heterocycles. The van der Waals surface area contributed by atoms with Crippen molar-refractivity contribution >= 4 is 12.2 Å². The van der Waals surface area contributed by atoms with E-state index in [1.54, 1.807) is 24.3 Å². The van der Waals surface area contributed by atoms with Gasteiger partial charge in [0.25, 0.3) is 0 Å². The lowest BCUT2D eigenvalue weighted by Gasteiger charge is -2.15. The largest absolute Gasteiger partial charge is 0.513 e. The molecule has 1 aromatic rings. The number of rotatable bonds is 23. The average molecular weight is 522 g/mol. The number of hydrogen-bond acceptors (Lipinski definition) is 6. The van der Waals surface area contributed by atoms with Crippen LogP contribution in [0.15, 0.2) is 30.3 Å². The van der Waals surface area contributed by atoms with Gasteiger partial charge in [0.2, 0.25) is 0 Å². The number of carbonyl (C=O) groups excluding carboxylic acids is 2. The molecule has 37 heavy (non-hydrogen) atoms. The highest BCUT2D eigenvalue weighted by Crippen LogP contribution is 2.14. The minimum atomic E-state index is -0.832. The maximum Gasteiger partial charge on any atom is 0.513 e. The van der Waals surface area contributed by atoms with Crippen molar-refractivity contribution in [3.05, 3.63) is 30.3 Å². The summed E-state index contributed by atoms with van der Waals surface area (Å²) >= 11 is 0. The van der Waals surface area contributed by atoms with Gasteiger partial charge in [0.05, 0.1) is 0 Å². The van der Waals surface area contributed by atoms with Crippen molar-refractivity contribution in [2.24, 2.45) is 0 Å². The Hall–Kier alpha value is -2.28.